The van der Waals surface area contributed by atoms with E-state index in [1.54, 1.807) is 12.1 Å². The third-order valence-corrected chi connectivity index (χ3v) is 6.47. The molecule has 0 N–H and O–H groups in total. The fraction of sp³-hybridized carbons (Fsp3) is 0.316. The number of methoxy groups -OCH3 is 2. The van der Waals surface area contributed by atoms with Gasteiger partial charge in [-0.1, -0.05) is 17.7 Å². The molecule has 0 spiro atoms. The minimum absolute atomic E-state index is 0.000613. The van der Waals surface area contributed by atoms with E-state index in [-0.39, 0.29) is 22.8 Å². The lowest BCUT2D eigenvalue weighted by Gasteiger charge is -2.22. The number of nitrogens with zero attached hydrogens (tertiary/aromatic N) is 1. The highest BCUT2D eigenvalue weighted by atomic mass is 32.2. The van der Waals surface area contributed by atoms with Gasteiger partial charge in [0.25, 0.3) is 0 Å². The fourth-order valence-electron chi connectivity index (χ4n) is 3.29. The predicted octanol–water partition coefficient (Wildman–Crippen LogP) is 1.65. The lowest BCUT2D eigenvalue weighted by atomic mass is 9.85. The molecule has 0 saturated heterocycles. The Hall–Kier alpha value is -2.74. The number of pyridine rings is 1. The number of sulfone groups is 1. The Kier molecular flexibility index (Phi) is 4.77. The van der Waals surface area contributed by atoms with E-state index < -0.39 is 27.2 Å². The minimum atomic E-state index is -3.81. The highest BCUT2D eigenvalue weighted by Gasteiger charge is 2.52. The maximum absolute atomic E-state index is 12.8. The summed E-state index contributed by atoms with van der Waals surface area (Å²) in [6.45, 7) is 1.86. The molecule has 2 aromatic rings. The highest BCUT2D eigenvalue weighted by Crippen LogP contribution is 2.40. The van der Waals surface area contributed by atoms with E-state index in [4.69, 9.17) is 9.47 Å². The Balaban J connectivity index is 2.02. The first-order chi connectivity index (χ1) is 12.7. The first kappa shape index (κ1) is 19.0. The number of aryl methyl sites for hydroxylation is 1. The van der Waals surface area contributed by atoms with Crippen LogP contribution in [0.25, 0.3) is 0 Å². The number of carbonyl (C=O) groups excluding carboxylic acids is 2. The van der Waals surface area contributed by atoms with E-state index in [0.717, 1.165) is 5.56 Å². The van der Waals surface area contributed by atoms with Crippen LogP contribution in [-0.4, -0.2) is 39.6 Å². The number of esters is 2. The van der Waals surface area contributed by atoms with Crippen LogP contribution in [0.2, 0.25) is 0 Å². The maximum Gasteiger partial charge on any atom is 0.323 e. The molecule has 0 aliphatic heterocycles. The van der Waals surface area contributed by atoms with Crippen LogP contribution >= 0.6 is 0 Å². The molecule has 0 bridgehead atoms. The normalized spacial score (nSPS) is 15.1. The van der Waals surface area contributed by atoms with Crippen molar-refractivity contribution in [1.82, 2.24) is 4.98 Å². The van der Waals surface area contributed by atoms with Gasteiger partial charge in [0.1, 0.15) is 0 Å². The quantitative estimate of drug-likeness (QED) is 0.579. The zero-order chi connectivity index (χ0) is 19.8. The molecule has 0 atom stereocenters. The van der Waals surface area contributed by atoms with Crippen LogP contribution in [0, 0.1) is 12.3 Å². The number of fused-ring (bicyclic) bond motifs is 1. The first-order valence-corrected chi connectivity index (χ1v) is 9.69. The van der Waals surface area contributed by atoms with Gasteiger partial charge >= 0.3 is 11.9 Å². The van der Waals surface area contributed by atoms with Crippen molar-refractivity contribution >= 4 is 21.8 Å². The van der Waals surface area contributed by atoms with Crippen LogP contribution in [0.15, 0.2) is 46.5 Å². The van der Waals surface area contributed by atoms with E-state index in [2.05, 4.69) is 4.98 Å². The molecule has 3 rings (SSSR count). The molecule has 1 aromatic heterocycles. The Morgan fingerprint density at radius 2 is 1.56 bits per heavy atom. The van der Waals surface area contributed by atoms with Crippen molar-refractivity contribution in [2.24, 2.45) is 5.41 Å². The molecule has 0 amide bonds. The predicted molar refractivity (Wildman–Crippen MR) is 94.7 cm³/mol. The topological polar surface area (TPSA) is 99.6 Å². The molecule has 142 valence electrons. The molecule has 0 fully saturated rings. The monoisotopic (exact) mass is 389 g/mol. The maximum atomic E-state index is 12.8. The number of aromatic nitrogens is 1. The van der Waals surface area contributed by atoms with E-state index in [9.17, 15) is 18.0 Å². The van der Waals surface area contributed by atoms with Crippen LogP contribution < -0.4 is 0 Å². The average Bonchev–Trinajstić information content (AvgIpc) is 3.07. The van der Waals surface area contributed by atoms with E-state index in [0.29, 0.717) is 11.1 Å². The number of benzene rings is 1. The summed E-state index contributed by atoms with van der Waals surface area (Å²) in [5.41, 5.74) is 0.608. The molecule has 0 unspecified atom stereocenters. The second-order valence-corrected chi connectivity index (χ2v) is 8.42. The van der Waals surface area contributed by atoms with E-state index in [1.165, 1.54) is 38.6 Å². The lowest BCUT2D eigenvalue weighted by molar-refractivity contribution is -0.168. The lowest BCUT2D eigenvalue weighted by Crippen LogP contribution is -2.42. The number of ether oxygens (including phenoxy) is 2. The molecule has 7 nitrogen and oxygen atoms in total. The summed E-state index contributed by atoms with van der Waals surface area (Å²) in [5.74, 6) is -1.43. The van der Waals surface area contributed by atoms with Crippen molar-refractivity contribution in [3.8, 4) is 0 Å². The van der Waals surface area contributed by atoms with Crippen LogP contribution in [0.5, 0.6) is 0 Å². The SMILES string of the molecule is COC(=O)C1(C(=O)OC)Cc2cnc(S(=O)(=O)c3ccc(C)cc3)cc2C1. The first-order valence-electron chi connectivity index (χ1n) is 8.21. The molecule has 27 heavy (non-hydrogen) atoms. The zero-order valence-corrected chi connectivity index (χ0v) is 16.0. The van der Waals surface area contributed by atoms with Gasteiger partial charge in [0.15, 0.2) is 10.4 Å². The Bertz CT molecular complexity index is 995. The Morgan fingerprint density at radius 3 is 2.11 bits per heavy atom. The van der Waals surface area contributed by atoms with Crippen molar-refractivity contribution in [3.05, 3.63) is 53.2 Å². The van der Waals surface area contributed by atoms with Crippen molar-refractivity contribution in [1.29, 1.82) is 0 Å². The molecule has 8 heteroatoms. The standard InChI is InChI=1S/C19H19NO6S/c1-12-4-6-15(7-5-12)27(23,24)16-8-13-9-19(17(21)25-2,18(22)26-3)10-14(13)11-20-16/h4-8,11H,9-10H2,1-3H3. The van der Waals surface area contributed by atoms with E-state index in [1.807, 2.05) is 6.92 Å². The Labute approximate surface area is 157 Å². The summed E-state index contributed by atoms with van der Waals surface area (Å²) in [5, 5.41) is -0.129. The van der Waals surface area contributed by atoms with E-state index >= 15 is 0 Å². The van der Waals surface area contributed by atoms with Crippen LogP contribution in [0.4, 0.5) is 0 Å². The summed E-state index contributed by atoms with van der Waals surface area (Å²) in [4.78, 5) is 28.8. The van der Waals surface area contributed by atoms with Gasteiger partial charge in [-0.15, -0.1) is 0 Å². The summed E-state index contributed by atoms with van der Waals surface area (Å²) in [6.07, 6.45) is 1.45. The smallest absolute Gasteiger partial charge is 0.323 e. The second kappa shape index (κ2) is 6.77. The van der Waals surface area contributed by atoms with Gasteiger partial charge in [0.2, 0.25) is 9.84 Å². The van der Waals surface area contributed by atoms with Gasteiger partial charge < -0.3 is 9.47 Å². The Morgan fingerprint density at radius 1 is 1.00 bits per heavy atom. The van der Waals surface area contributed by atoms with Crippen molar-refractivity contribution in [2.45, 2.75) is 29.7 Å². The van der Waals surface area contributed by atoms with Crippen molar-refractivity contribution in [2.75, 3.05) is 14.2 Å². The van der Waals surface area contributed by atoms with Gasteiger partial charge in [0, 0.05) is 12.6 Å². The summed E-state index contributed by atoms with van der Waals surface area (Å²) < 4.78 is 35.3. The number of hydrogen-bond acceptors (Lipinski definition) is 7. The third kappa shape index (κ3) is 3.10. The van der Waals surface area contributed by atoms with Gasteiger partial charge in [-0.05, 0) is 42.7 Å². The number of hydrogen-bond donors (Lipinski definition) is 0. The molecule has 1 aromatic carbocycles. The minimum Gasteiger partial charge on any atom is -0.468 e. The molecular weight excluding hydrogens is 370 g/mol. The average molecular weight is 389 g/mol. The molecule has 0 saturated carbocycles. The molecule has 1 heterocycles. The third-order valence-electron chi connectivity index (χ3n) is 4.80. The molecular formula is C19H19NO6S. The highest BCUT2D eigenvalue weighted by molar-refractivity contribution is 7.91. The summed E-state index contributed by atoms with van der Waals surface area (Å²) >= 11 is 0. The fourth-order valence-corrected chi connectivity index (χ4v) is 4.51. The van der Waals surface area contributed by atoms with Gasteiger partial charge in [-0.3, -0.25) is 9.59 Å². The second-order valence-electron chi connectivity index (χ2n) is 6.53. The van der Waals surface area contributed by atoms with Crippen LogP contribution in [0.1, 0.15) is 16.7 Å². The van der Waals surface area contributed by atoms with Crippen LogP contribution in [0.3, 0.4) is 0 Å². The molecule has 1 aliphatic rings. The number of carbonyl (C=O) groups is 2. The van der Waals surface area contributed by atoms with Crippen LogP contribution in [-0.2, 0) is 41.7 Å². The van der Waals surface area contributed by atoms with Gasteiger partial charge in [0.05, 0.1) is 19.1 Å². The molecule has 0 radical (unpaired) electrons. The summed E-state index contributed by atoms with van der Waals surface area (Å²) in [7, 11) is -1.42. The number of rotatable bonds is 4. The van der Waals surface area contributed by atoms with Gasteiger partial charge in [-0.25, -0.2) is 13.4 Å². The van der Waals surface area contributed by atoms with Gasteiger partial charge in [-0.2, -0.15) is 0 Å². The van der Waals surface area contributed by atoms with Crippen molar-refractivity contribution in [3.63, 3.8) is 0 Å². The summed E-state index contributed by atoms with van der Waals surface area (Å²) in [6, 6.07) is 7.87. The largest absolute Gasteiger partial charge is 0.468 e. The van der Waals surface area contributed by atoms with Crippen molar-refractivity contribution < 1.29 is 27.5 Å². The molecule has 1 aliphatic carbocycles. The zero-order valence-electron chi connectivity index (χ0n) is 15.2.